The maximum Gasteiger partial charge on any atom is 0.337 e. The third kappa shape index (κ3) is 2.37. The molecule has 7 heteroatoms. The van der Waals surface area contributed by atoms with E-state index in [2.05, 4.69) is 5.32 Å². The van der Waals surface area contributed by atoms with Gasteiger partial charge in [-0.3, -0.25) is 0 Å². The minimum atomic E-state index is -1.62. The predicted molar refractivity (Wildman–Crippen MR) is 67.4 cm³/mol. The van der Waals surface area contributed by atoms with E-state index in [1.165, 1.54) is 18.2 Å². The van der Waals surface area contributed by atoms with Gasteiger partial charge >= 0.3 is 5.97 Å². The summed E-state index contributed by atoms with van der Waals surface area (Å²) < 4.78 is 39.4. The van der Waals surface area contributed by atoms with Gasteiger partial charge in [-0.05, 0) is 24.3 Å². The van der Waals surface area contributed by atoms with E-state index in [4.69, 9.17) is 10.8 Å². The van der Waals surface area contributed by atoms with E-state index in [1.54, 1.807) is 0 Å². The molecular weight excluding hydrogens is 273 g/mol. The van der Waals surface area contributed by atoms with Crippen molar-refractivity contribution in [2.24, 2.45) is 0 Å². The lowest BCUT2D eigenvalue weighted by Crippen LogP contribution is -2.06. The summed E-state index contributed by atoms with van der Waals surface area (Å²) in [5.41, 5.74) is 5.03. The molecule has 0 radical (unpaired) electrons. The summed E-state index contributed by atoms with van der Waals surface area (Å²) in [5.74, 6) is -5.61. The molecule has 0 saturated carbocycles. The van der Waals surface area contributed by atoms with Crippen molar-refractivity contribution in [3.63, 3.8) is 0 Å². The van der Waals surface area contributed by atoms with Gasteiger partial charge in [0.15, 0.2) is 17.5 Å². The Labute approximate surface area is 111 Å². The van der Waals surface area contributed by atoms with Crippen molar-refractivity contribution in [3.05, 3.63) is 53.3 Å². The Balaban J connectivity index is 2.43. The van der Waals surface area contributed by atoms with Gasteiger partial charge in [0.05, 0.1) is 22.6 Å². The molecule has 0 heterocycles. The summed E-state index contributed by atoms with van der Waals surface area (Å²) in [6.45, 7) is 0. The molecule has 4 nitrogen and oxygen atoms in total. The molecule has 0 spiro atoms. The van der Waals surface area contributed by atoms with Crippen LogP contribution in [0, 0.1) is 17.5 Å². The quantitative estimate of drug-likeness (QED) is 0.597. The van der Waals surface area contributed by atoms with Crippen LogP contribution >= 0.6 is 0 Å². The van der Waals surface area contributed by atoms with E-state index < -0.39 is 23.4 Å². The number of carboxylic acid groups (broad SMARTS) is 1. The van der Waals surface area contributed by atoms with E-state index in [-0.39, 0.29) is 22.6 Å². The van der Waals surface area contributed by atoms with Crippen LogP contribution in [0.2, 0.25) is 0 Å². The van der Waals surface area contributed by atoms with Crippen molar-refractivity contribution in [1.82, 2.24) is 0 Å². The van der Waals surface area contributed by atoms with E-state index in [1.807, 2.05) is 0 Å². The van der Waals surface area contributed by atoms with E-state index in [0.29, 0.717) is 0 Å². The molecule has 0 aliphatic rings. The molecule has 0 bridgehead atoms. The predicted octanol–water partition coefficient (Wildman–Crippen LogP) is 3.13. The van der Waals surface area contributed by atoms with Crippen LogP contribution < -0.4 is 11.1 Å². The molecule has 2 aromatic carbocycles. The second-order valence-electron chi connectivity index (χ2n) is 3.92. The largest absolute Gasteiger partial charge is 0.478 e. The molecule has 0 aliphatic carbocycles. The van der Waals surface area contributed by atoms with Crippen molar-refractivity contribution in [2.75, 3.05) is 11.1 Å². The maximum absolute atomic E-state index is 13.5. The van der Waals surface area contributed by atoms with Gasteiger partial charge in [-0.2, -0.15) is 0 Å². The van der Waals surface area contributed by atoms with Gasteiger partial charge in [-0.15, -0.1) is 0 Å². The van der Waals surface area contributed by atoms with Gasteiger partial charge < -0.3 is 16.2 Å². The second kappa shape index (κ2) is 5.12. The number of carbonyl (C=O) groups is 1. The number of hydrogen-bond donors (Lipinski definition) is 3. The summed E-state index contributed by atoms with van der Waals surface area (Å²) in [4.78, 5) is 10.9. The lowest BCUT2D eigenvalue weighted by Gasteiger charge is -2.12. The second-order valence-corrected chi connectivity index (χ2v) is 3.92. The zero-order valence-electron chi connectivity index (χ0n) is 9.95. The number of hydrogen-bond acceptors (Lipinski definition) is 3. The Morgan fingerprint density at radius 2 is 1.75 bits per heavy atom. The smallest absolute Gasteiger partial charge is 0.337 e. The van der Waals surface area contributed by atoms with Gasteiger partial charge in [-0.25, -0.2) is 18.0 Å². The van der Waals surface area contributed by atoms with Gasteiger partial charge in [0.25, 0.3) is 0 Å². The van der Waals surface area contributed by atoms with Crippen LogP contribution in [0.15, 0.2) is 30.3 Å². The Bertz CT molecular complexity index is 690. The Hall–Kier alpha value is -2.70. The van der Waals surface area contributed by atoms with Crippen molar-refractivity contribution in [2.45, 2.75) is 0 Å². The van der Waals surface area contributed by atoms with Crippen LogP contribution in [-0.4, -0.2) is 11.1 Å². The summed E-state index contributed by atoms with van der Waals surface area (Å²) in [6.07, 6.45) is 0. The number of anilines is 3. The third-order valence-electron chi connectivity index (χ3n) is 2.64. The molecule has 0 unspecified atom stereocenters. The average molecular weight is 282 g/mol. The molecule has 0 saturated heterocycles. The topological polar surface area (TPSA) is 75.3 Å². The van der Waals surface area contributed by atoms with E-state index in [0.717, 1.165) is 12.1 Å². The number of para-hydroxylation sites is 1. The highest BCUT2D eigenvalue weighted by atomic mass is 19.2. The minimum Gasteiger partial charge on any atom is -0.478 e. The highest BCUT2D eigenvalue weighted by Gasteiger charge is 2.16. The van der Waals surface area contributed by atoms with Crippen LogP contribution in [-0.2, 0) is 0 Å². The van der Waals surface area contributed by atoms with Crippen molar-refractivity contribution < 1.29 is 23.1 Å². The standard InChI is InChI=1S/C13H9F3N2O2/c14-7-4-5-8(11(16)10(7)15)18-9-3-1-2-6(12(9)17)13(19)20/h1-5,18H,17H2,(H,19,20). The normalized spacial score (nSPS) is 10.3. The van der Waals surface area contributed by atoms with E-state index >= 15 is 0 Å². The highest BCUT2D eigenvalue weighted by Crippen LogP contribution is 2.29. The summed E-state index contributed by atoms with van der Waals surface area (Å²) in [6, 6.07) is 5.78. The highest BCUT2D eigenvalue weighted by molar-refractivity contribution is 5.97. The zero-order valence-corrected chi connectivity index (χ0v) is 9.95. The van der Waals surface area contributed by atoms with Crippen LogP contribution in [0.1, 0.15) is 10.4 Å². The van der Waals surface area contributed by atoms with Gasteiger partial charge in [0.2, 0.25) is 0 Å². The number of carboxylic acids is 1. The first-order valence-corrected chi connectivity index (χ1v) is 5.44. The number of rotatable bonds is 3. The first kappa shape index (κ1) is 13.7. The SMILES string of the molecule is Nc1c(Nc2ccc(F)c(F)c2F)cccc1C(=O)O. The fourth-order valence-corrected chi connectivity index (χ4v) is 1.63. The third-order valence-corrected chi connectivity index (χ3v) is 2.64. The molecule has 0 fully saturated rings. The molecule has 0 aliphatic heterocycles. The molecule has 0 atom stereocenters. The van der Waals surface area contributed by atoms with Crippen LogP contribution in [0.25, 0.3) is 0 Å². The van der Waals surface area contributed by atoms with Crippen molar-refractivity contribution in [1.29, 1.82) is 0 Å². The molecular formula is C13H9F3N2O2. The van der Waals surface area contributed by atoms with Crippen molar-refractivity contribution in [3.8, 4) is 0 Å². The fraction of sp³-hybridized carbons (Fsp3) is 0. The van der Waals surface area contributed by atoms with Gasteiger partial charge in [0.1, 0.15) is 0 Å². The molecule has 20 heavy (non-hydrogen) atoms. The number of aromatic carboxylic acids is 1. The number of benzene rings is 2. The van der Waals surface area contributed by atoms with Crippen LogP contribution in [0.5, 0.6) is 0 Å². The Morgan fingerprint density at radius 1 is 1.05 bits per heavy atom. The first-order chi connectivity index (χ1) is 9.41. The van der Waals surface area contributed by atoms with Gasteiger partial charge in [-0.1, -0.05) is 6.07 Å². The van der Waals surface area contributed by atoms with Crippen LogP contribution in [0.3, 0.4) is 0 Å². The summed E-state index contributed by atoms with van der Waals surface area (Å²) in [5, 5.41) is 11.3. The monoisotopic (exact) mass is 282 g/mol. The lowest BCUT2D eigenvalue weighted by molar-refractivity contribution is 0.0698. The molecule has 4 N–H and O–H groups in total. The number of nitrogens with one attached hydrogen (secondary N) is 1. The molecule has 2 rings (SSSR count). The van der Waals surface area contributed by atoms with E-state index in [9.17, 15) is 18.0 Å². The minimum absolute atomic E-state index is 0.0785. The van der Waals surface area contributed by atoms with Crippen molar-refractivity contribution >= 4 is 23.0 Å². The molecule has 2 aromatic rings. The lowest BCUT2D eigenvalue weighted by atomic mass is 10.1. The van der Waals surface area contributed by atoms with Crippen LogP contribution in [0.4, 0.5) is 30.2 Å². The molecule has 0 amide bonds. The Kier molecular flexibility index (Phi) is 3.51. The molecule has 104 valence electrons. The molecule has 0 aromatic heterocycles. The van der Waals surface area contributed by atoms with Gasteiger partial charge in [0, 0.05) is 0 Å². The number of halogens is 3. The zero-order chi connectivity index (χ0) is 14.9. The maximum atomic E-state index is 13.5. The Morgan fingerprint density at radius 3 is 2.40 bits per heavy atom. The summed E-state index contributed by atoms with van der Waals surface area (Å²) in [7, 11) is 0. The number of nitrogens with two attached hydrogens (primary N) is 1. The summed E-state index contributed by atoms with van der Waals surface area (Å²) >= 11 is 0. The fourth-order valence-electron chi connectivity index (χ4n) is 1.63. The number of nitrogen functional groups attached to an aromatic ring is 1. The average Bonchev–Trinajstić information content (AvgIpc) is 2.41. The first-order valence-electron chi connectivity index (χ1n) is 5.44.